The molecule has 5 unspecified atom stereocenters. The van der Waals surface area contributed by atoms with Gasteiger partial charge in [-0.1, -0.05) is 6.07 Å². The van der Waals surface area contributed by atoms with Crippen LogP contribution in [0.4, 0.5) is 4.79 Å². The monoisotopic (exact) mass is 649 g/mol. The molecule has 47 heavy (non-hydrogen) atoms. The van der Waals surface area contributed by atoms with Gasteiger partial charge < -0.3 is 30.0 Å². The van der Waals surface area contributed by atoms with Gasteiger partial charge >= 0.3 is 6.09 Å². The molecule has 5 rings (SSSR count). The Morgan fingerprint density at radius 3 is 2.40 bits per heavy atom. The van der Waals surface area contributed by atoms with Gasteiger partial charge in [0.25, 0.3) is 0 Å². The normalized spacial score (nSPS) is 26.4. The molecule has 1 aliphatic carbocycles. The number of piperazine rings is 1. The molecule has 13 nitrogen and oxygen atoms in total. The van der Waals surface area contributed by atoms with E-state index < -0.39 is 53.6 Å². The summed E-state index contributed by atoms with van der Waals surface area (Å²) in [5.41, 5.74) is 2.20. The van der Waals surface area contributed by atoms with E-state index in [9.17, 15) is 29.5 Å². The van der Waals surface area contributed by atoms with Crippen molar-refractivity contribution in [2.75, 3.05) is 27.8 Å². The van der Waals surface area contributed by atoms with E-state index in [1.807, 2.05) is 24.9 Å². The van der Waals surface area contributed by atoms with Gasteiger partial charge in [-0.15, -0.1) is 0 Å². The summed E-state index contributed by atoms with van der Waals surface area (Å²) < 4.78 is 16.2. The second-order valence-electron chi connectivity index (χ2n) is 13.7. The summed E-state index contributed by atoms with van der Waals surface area (Å²) in [5.74, 6) is -1.08. The first kappa shape index (κ1) is 33.9. The van der Waals surface area contributed by atoms with E-state index in [2.05, 4.69) is 21.6 Å². The van der Waals surface area contributed by atoms with E-state index in [1.54, 1.807) is 27.7 Å². The molecule has 1 aromatic rings. The van der Waals surface area contributed by atoms with E-state index in [4.69, 9.17) is 14.2 Å². The van der Waals surface area contributed by atoms with Crippen LogP contribution in [0.25, 0.3) is 0 Å². The van der Waals surface area contributed by atoms with Crippen molar-refractivity contribution in [1.82, 2.24) is 20.4 Å². The number of methoxy groups -OCH3 is 2. The number of phenolic OH excluding ortho intramolecular Hbond substituents is 1. The highest BCUT2D eigenvalue weighted by atomic mass is 16.6. The number of aromatic hydroxyl groups is 1. The molecule has 0 aromatic heterocycles. The molecule has 3 aliphatic heterocycles. The zero-order valence-electron chi connectivity index (χ0n) is 28.3. The molecular formula is C34H43N5O8. The van der Waals surface area contributed by atoms with Gasteiger partial charge in [0.05, 0.1) is 32.4 Å². The molecule has 1 saturated heterocycles. The van der Waals surface area contributed by atoms with Gasteiger partial charge in [0.15, 0.2) is 23.0 Å². The van der Waals surface area contributed by atoms with E-state index in [1.165, 1.54) is 21.1 Å². The van der Waals surface area contributed by atoms with Crippen LogP contribution in [0.15, 0.2) is 28.5 Å². The first-order valence-corrected chi connectivity index (χ1v) is 15.7. The number of nitriles is 1. The number of phenols is 1. The molecular weight excluding hydrogens is 606 g/mol. The zero-order chi connectivity index (χ0) is 34.7. The minimum Gasteiger partial charge on any atom is -0.504 e. The smallest absolute Gasteiger partial charge is 0.408 e. The van der Waals surface area contributed by atoms with Crippen molar-refractivity contribution in [1.29, 1.82) is 5.26 Å². The largest absolute Gasteiger partial charge is 0.504 e. The van der Waals surface area contributed by atoms with Gasteiger partial charge in [-0.25, -0.2) is 4.79 Å². The number of ketones is 2. The highest BCUT2D eigenvalue weighted by molar-refractivity contribution is 6.25. The van der Waals surface area contributed by atoms with Crippen molar-refractivity contribution in [3.05, 3.63) is 45.2 Å². The third-order valence-corrected chi connectivity index (χ3v) is 9.66. The maximum absolute atomic E-state index is 14.0. The van der Waals surface area contributed by atoms with Crippen LogP contribution in [-0.4, -0.2) is 102 Å². The lowest BCUT2D eigenvalue weighted by Gasteiger charge is -2.60. The molecule has 2 amide bonds. The minimum atomic E-state index is -0.990. The number of carbonyl (C=O) groups is 4. The number of fused-ring (bicyclic) bond motifs is 6. The molecule has 4 aliphatic rings. The number of benzene rings is 1. The molecule has 0 radical (unpaired) electrons. The summed E-state index contributed by atoms with van der Waals surface area (Å²) in [4.78, 5) is 57.5. The fourth-order valence-corrected chi connectivity index (χ4v) is 7.71. The predicted molar refractivity (Wildman–Crippen MR) is 169 cm³/mol. The van der Waals surface area contributed by atoms with Crippen LogP contribution >= 0.6 is 0 Å². The molecule has 2 bridgehead atoms. The van der Waals surface area contributed by atoms with Crippen molar-refractivity contribution in [2.24, 2.45) is 0 Å². The van der Waals surface area contributed by atoms with Crippen molar-refractivity contribution in [2.45, 2.75) is 96.2 Å². The van der Waals surface area contributed by atoms with Crippen LogP contribution in [0.2, 0.25) is 0 Å². The van der Waals surface area contributed by atoms with Crippen molar-refractivity contribution >= 4 is 23.6 Å². The Morgan fingerprint density at radius 1 is 1.13 bits per heavy atom. The second-order valence-corrected chi connectivity index (χ2v) is 13.7. The number of amides is 2. The van der Waals surface area contributed by atoms with Gasteiger partial charge in [-0.3, -0.25) is 24.2 Å². The Labute approximate surface area is 274 Å². The second kappa shape index (κ2) is 12.3. The molecule has 1 aromatic carbocycles. The third-order valence-electron chi connectivity index (χ3n) is 9.66. The van der Waals surface area contributed by atoms with Gasteiger partial charge in [0.1, 0.15) is 17.7 Å². The highest BCUT2D eigenvalue weighted by Gasteiger charge is 2.58. The number of ether oxygens (including phenoxy) is 3. The molecule has 13 heteroatoms. The first-order valence-electron chi connectivity index (χ1n) is 15.7. The van der Waals surface area contributed by atoms with Crippen molar-refractivity contribution in [3.8, 4) is 17.6 Å². The number of nitrogens with one attached hydrogen (secondary N) is 2. The molecule has 1 fully saturated rings. The number of hydrogen-bond acceptors (Lipinski definition) is 11. The first-order chi connectivity index (χ1) is 22.1. The molecule has 252 valence electrons. The predicted octanol–water partition coefficient (Wildman–Crippen LogP) is 2.35. The van der Waals surface area contributed by atoms with Gasteiger partial charge in [0, 0.05) is 40.9 Å². The number of nitrogens with zero attached hydrogens (tertiary/aromatic N) is 3. The van der Waals surface area contributed by atoms with E-state index in [0.717, 1.165) is 11.1 Å². The van der Waals surface area contributed by atoms with Gasteiger partial charge in [-0.2, -0.15) is 5.26 Å². The summed E-state index contributed by atoms with van der Waals surface area (Å²) in [7, 11) is 4.72. The average Bonchev–Trinajstić information content (AvgIpc) is 2.98. The topological polar surface area (TPSA) is 171 Å². The number of Topliss-reactive ketones (excluding diaryl/α,β-unsaturated/α-hetero) is 2. The molecule has 0 spiro atoms. The zero-order valence-corrected chi connectivity index (χ0v) is 28.3. The van der Waals surface area contributed by atoms with Crippen LogP contribution < -0.4 is 15.4 Å². The summed E-state index contributed by atoms with van der Waals surface area (Å²) in [6.07, 6.45) is -0.189. The maximum atomic E-state index is 14.0. The van der Waals surface area contributed by atoms with Crippen molar-refractivity contribution < 1.29 is 38.5 Å². The fraction of sp³-hybridized carbons (Fsp3) is 0.559. The van der Waals surface area contributed by atoms with E-state index in [-0.39, 0.29) is 47.4 Å². The summed E-state index contributed by atoms with van der Waals surface area (Å²) in [6, 6.07) is 0.472. The van der Waals surface area contributed by atoms with Crippen LogP contribution in [-0.2, 0) is 30.3 Å². The number of alkyl carbamates (subject to hydrolysis) is 1. The van der Waals surface area contributed by atoms with E-state index in [0.29, 0.717) is 23.3 Å². The van der Waals surface area contributed by atoms with Gasteiger partial charge in [-0.05, 0) is 72.6 Å². The highest BCUT2D eigenvalue weighted by Crippen LogP contribution is 2.53. The quantitative estimate of drug-likeness (QED) is 0.387. The van der Waals surface area contributed by atoms with E-state index >= 15 is 0 Å². The molecule has 6 atom stereocenters. The lowest BCUT2D eigenvalue weighted by Crippen LogP contribution is -2.71. The lowest BCUT2D eigenvalue weighted by molar-refractivity contribution is -0.125. The Hall–Kier alpha value is -4.41. The summed E-state index contributed by atoms with van der Waals surface area (Å²) >= 11 is 0. The fourth-order valence-electron chi connectivity index (χ4n) is 7.71. The maximum Gasteiger partial charge on any atom is 0.408 e. The Kier molecular flexibility index (Phi) is 8.89. The van der Waals surface area contributed by atoms with Crippen molar-refractivity contribution in [3.63, 3.8) is 0 Å². The summed E-state index contributed by atoms with van der Waals surface area (Å²) in [5, 5.41) is 27.6. The van der Waals surface area contributed by atoms with Crippen LogP contribution in [0.5, 0.6) is 11.5 Å². The van der Waals surface area contributed by atoms with Gasteiger partial charge in [0.2, 0.25) is 11.7 Å². The Bertz CT molecular complexity index is 1650. The number of carbonyl (C=O) groups excluding carboxylic acids is 4. The number of likely N-dealkylation sites (N-methyl/N-ethyl adjacent to an activating group) is 1. The Balaban J connectivity index is 1.59. The lowest BCUT2D eigenvalue weighted by atomic mass is 9.69. The number of allylic oxidation sites excluding steroid dienone is 2. The standard InChI is InChI=1S/C34H43N5O8/c1-15-10-18-11-20-22(13-35)39-21(26(38(20)7)24(18)28(41)30(15)45-8)12-19-25(29(42)31(46-9)16(2)27(19)40)23(39)14-36-32(43)17(3)37-33(44)47-34(4,5)6/h10,17,20-23,26,41H,11-12,14H2,1-9H3,(H,36,43)(H,37,44)/t17?,20?,21?,22-,23?,26?/m0/s1. The molecule has 0 saturated carbocycles. The average molecular weight is 650 g/mol. The van der Waals surface area contributed by atoms with Crippen LogP contribution in [0.1, 0.15) is 63.8 Å². The SMILES string of the molecule is COC1=C(C)C(=O)C2=C(C1=O)C(CNC(=O)C(C)NC(=O)OC(C)(C)C)N1C(C2)C2c3c(cc(C)c(OC)c3O)CC([C@@H]1C#N)N2C. The van der Waals surface area contributed by atoms with Crippen LogP contribution in [0.3, 0.4) is 0 Å². The molecule has 3 N–H and O–H groups in total. The number of hydrogen-bond donors (Lipinski definition) is 3. The molecule has 3 heterocycles. The Morgan fingerprint density at radius 2 is 1.81 bits per heavy atom. The minimum absolute atomic E-state index is 0.00335. The third kappa shape index (κ3) is 5.63. The number of aryl methyl sites for hydroxylation is 1. The van der Waals surface area contributed by atoms with Crippen LogP contribution in [0, 0.1) is 18.3 Å². The summed E-state index contributed by atoms with van der Waals surface area (Å²) in [6.45, 7) is 9.90. The number of rotatable bonds is 6.